The summed E-state index contributed by atoms with van der Waals surface area (Å²) in [6, 6.07) is 0.464. The fourth-order valence-electron chi connectivity index (χ4n) is 1.35. The van der Waals surface area contributed by atoms with Crippen molar-refractivity contribution < 1.29 is 4.79 Å². The van der Waals surface area contributed by atoms with Gasteiger partial charge in [-0.25, -0.2) is 0 Å². The molecular weight excluding hydrogens is 222 g/mol. The molecule has 1 saturated heterocycles. The van der Waals surface area contributed by atoms with Crippen LogP contribution < -0.4 is 10.6 Å². The summed E-state index contributed by atoms with van der Waals surface area (Å²) in [5.41, 5.74) is -0.183. The lowest BCUT2D eigenvalue weighted by atomic mass is 10.1. The summed E-state index contributed by atoms with van der Waals surface area (Å²) < 4.78 is 0. The third kappa shape index (κ3) is 5.39. The Bertz CT molecular complexity index is 283. The summed E-state index contributed by atoms with van der Waals surface area (Å²) in [4.78, 5) is 15.8. The Hall–Kier alpha value is -0.710. The van der Waals surface area contributed by atoms with Crippen molar-refractivity contribution in [1.29, 1.82) is 0 Å². The number of amidine groups is 1. The Kier molecular flexibility index (Phi) is 4.65. The lowest BCUT2D eigenvalue weighted by Gasteiger charge is -2.22. The standard InChI is InChI=1S/C11H21N3OS/c1-8-5-6-16-10(13-8)12-7-9(15)14-11(2,3)4/h8H,5-7H2,1-4H3,(H,12,13)(H,14,15). The first-order chi connectivity index (χ1) is 7.37. The van der Waals surface area contributed by atoms with Gasteiger partial charge in [-0.3, -0.25) is 9.79 Å². The van der Waals surface area contributed by atoms with Crippen LogP contribution in [0.25, 0.3) is 0 Å². The molecule has 1 aliphatic heterocycles. The molecule has 0 saturated carbocycles. The van der Waals surface area contributed by atoms with Crippen LogP contribution in [0, 0.1) is 0 Å². The van der Waals surface area contributed by atoms with Crippen LogP contribution in [0.1, 0.15) is 34.1 Å². The van der Waals surface area contributed by atoms with E-state index in [1.54, 1.807) is 11.8 Å². The lowest BCUT2D eigenvalue weighted by Crippen LogP contribution is -2.42. The van der Waals surface area contributed by atoms with Crippen LogP contribution in [0.15, 0.2) is 4.99 Å². The fourth-order valence-corrected chi connectivity index (χ4v) is 2.45. The molecule has 1 fully saturated rings. The number of nitrogens with zero attached hydrogens (tertiary/aromatic N) is 1. The van der Waals surface area contributed by atoms with Crippen molar-refractivity contribution in [1.82, 2.24) is 10.6 Å². The highest BCUT2D eigenvalue weighted by Crippen LogP contribution is 2.13. The van der Waals surface area contributed by atoms with E-state index in [1.165, 1.54) is 0 Å². The smallest absolute Gasteiger partial charge is 0.242 e. The van der Waals surface area contributed by atoms with Crippen molar-refractivity contribution in [2.24, 2.45) is 4.99 Å². The zero-order valence-corrected chi connectivity index (χ0v) is 11.3. The van der Waals surface area contributed by atoms with Gasteiger partial charge in [0.2, 0.25) is 5.91 Å². The highest BCUT2D eigenvalue weighted by atomic mass is 32.2. The minimum Gasteiger partial charge on any atom is -0.362 e. The number of carbonyl (C=O) groups is 1. The van der Waals surface area contributed by atoms with E-state index >= 15 is 0 Å². The molecule has 0 radical (unpaired) electrons. The molecular formula is C11H21N3OS. The number of amides is 1. The normalized spacial score (nSPS) is 24.0. The monoisotopic (exact) mass is 243 g/mol. The molecule has 0 bridgehead atoms. The summed E-state index contributed by atoms with van der Waals surface area (Å²) in [5.74, 6) is 1.05. The Morgan fingerprint density at radius 1 is 1.62 bits per heavy atom. The van der Waals surface area contributed by atoms with Gasteiger partial charge in [-0.05, 0) is 34.1 Å². The third-order valence-corrected chi connectivity index (χ3v) is 3.00. The topological polar surface area (TPSA) is 53.5 Å². The largest absolute Gasteiger partial charge is 0.362 e. The first kappa shape index (κ1) is 13.4. The summed E-state index contributed by atoms with van der Waals surface area (Å²) in [6.45, 7) is 8.24. The molecule has 1 unspecified atom stereocenters. The van der Waals surface area contributed by atoms with Crippen molar-refractivity contribution in [3.63, 3.8) is 0 Å². The lowest BCUT2D eigenvalue weighted by molar-refractivity contribution is -0.121. The predicted octanol–water partition coefficient (Wildman–Crippen LogP) is 1.37. The van der Waals surface area contributed by atoms with E-state index in [4.69, 9.17) is 0 Å². The van der Waals surface area contributed by atoms with E-state index < -0.39 is 0 Å². The Labute approximate surface area is 102 Å². The van der Waals surface area contributed by atoms with Crippen LogP contribution in [-0.2, 0) is 4.79 Å². The fraction of sp³-hybridized carbons (Fsp3) is 0.818. The van der Waals surface area contributed by atoms with Crippen molar-refractivity contribution in [2.45, 2.75) is 45.7 Å². The van der Waals surface area contributed by atoms with Gasteiger partial charge in [-0.15, -0.1) is 0 Å². The molecule has 0 aromatic heterocycles. The second kappa shape index (κ2) is 5.57. The zero-order chi connectivity index (χ0) is 12.2. The number of thioether (sulfide) groups is 1. The van der Waals surface area contributed by atoms with E-state index in [1.807, 2.05) is 20.8 Å². The Morgan fingerprint density at radius 2 is 2.31 bits per heavy atom. The van der Waals surface area contributed by atoms with Crippen LogP contribution >= 0.6 is 11.8 Å². The molecule has 1 heterocycles. The van der Waals surface area contributed by atoms with E-state index in [-0.39, 0.29) is 18.0 Å². The van der Waals surface area contributed by atoms with Gasteiger partial charge in [0.15, 0.2) is 5.17 Å². The first-order valence-corrected chi connectivity index (χ1v) is 6.60. The Balaban J connectivity index is 2.37. The molecule has 92 valence electrons. The second-order valence-electron chi connectivity index (χ2n) is 5.10. The van der Waals surface area contributed by atoms with Gasteiger partial charge in [0.25, 0.3) is 0 Å². The average molecular weight is 243 g/mol. The van der Waals surface area contributed by atoms with Crippen LogP contribution in [0.4, 0.5) is 0 Å². The Morgan fingerprint density at radius 3 is 2.88 bits per heavy atom. The average Bonchev–Trinajstić information content (AvgIpc) is 2.12. The minimum atomic E-state index is -0.183. The van der Waals surface area contributed by atoms with Gasteiger partial charge in [-0.2, -0.15) is 0 Å². The molecule has 4 nitrogen and oxygen atoms in total. The van der Waals surface area contributed by atoms with Crippen LogP contribution in [-0.4, -0.2) is 35.0 Å². The molecule has 1 aliphatic rings. The highest BCUT2D eigenvalue weighted by Gasteiger charge is 2.15. The van der Waals surface area contributed by atoms with Gasteiger partial charge >= 0.3 is 0 Å². The van der Waals surface area contributed by atoms with Crippen LogP contribution in [0.5, 0.6) is 0 Å². The number of aliphatic imine (C=N–C) groups is 1. The quantitative estimate of drug-likeness (QED) is 0.770. The highest BCUT2D eigenvalue weighted by molar-refractivity contribution is 8.13. The van der Waals surface area contributed by atoms with Gasteiger partial charge in [0.05, 0.1) is 0 Å². The molecule has 0 aliphatic carbocycles. The minimum absolute atomic E-state index is 0.0272. The van der Waals surface area contributed by atoms with Crippen molar-refractivity contribution in [3.8, 4) is 0 Å². The zero-order valence-electron chi connectivity index (χ0n) is 10.5. The van der Waals surface area contributed by atoms with Gasteiger partial charge in [0, 0.05) is 17.3 Å². The van der Waals surface area contributed by atoms with Crippen LogP contribution in [0.2, 0.25) is 0 Å². The molecule has 1 atom stereocenters. The number of carbonyl (C=O) groups excluding carboxylic acids is 1. The summed E-state index contributed by atoms with van der Waals surface area (Å²) in [6.07, 6.45) is 1.15. The number of nitrogens with one attached hydrogen (secondary N) is 2. The van der Waals surface area contributed by atoms with Crippen molar-refractivity contribution in [2.75, 3.05) is 12.3 Å². The number of rotatable bonds is 2. The maximum absolute atomic E-state index is 11.5. The van der Waals surface area contributed by atoms with Gasteiger partial charge in [-0.1, -0.05) is 11.8 Å². The molecule has 16 heavy (non-hydrogen) atoms. The molecule has 5 heteroatoms. The van der Waals surface area contributed by atoms with E-state index in [2.05, 4.69) is 22.5 Å². The van der Waals surface area contributed by atoms with Crippen molar-refractivity contribution >= 4 is 22.8 Å². The molecule has 0 spiro atoms. The number of hydrogen-bond acceptors (Lipinski definition) is 3. The maximum Gasteiger partial charge on any atom is 0.242 e. The molecule has 0 aromatic carbocycles. The third-order valence-electron chi connectivity index (χ3n) is 2.04. The maximum atomic E-state index is 11.5. The summed E-state index contributed by atoms with van der Waals surface area (Å²) in [5, 5.41) is 7.05. The van der Waals surface area contributed by atoms with E-state index in [0.717, 1.165) is 17.3 Å². The second-order valence-corrected chi connectivity index (χ2v) is 6.19. The molecule has 1 rings (SSSR count). The predicted molar refractivity (Wildman–Crippen MR) is 69.9 cm³/mol. The molecule has 0 aromatic rings. The van der Waals surface area contributed by atoms with Crippen LogP contribution in [0.3, 0.4) is 0 Å². The first-order valence-electron chi connectivity index (χ1n) is 5.61. The molecule has 2 N–H and O–H groups in total. The van der Waals surface area contributed by atoms with Gasteiger partial charge < -0.3 is 10.6 Å². The van der Waals surface area contributed by atoms with E-state index in [9.17, 15) is 4.79 Å². The SMILES string of the molecule is CC1CCSC(=NCC(=O)NC(C)(C)C)N1. The van der Waals surface area contributed by atoms with Gasteiger partial charge in [0.1, 0.15) is 6.54 Å². The number of hydrogen-bond donors (Lipinski definition) is 2. The van der Waals surface area contributed by atoms with E-state index in [0.29, 0.717) is 6.04 Å². The van der Waals surface area contributed by atoms with Crippen molar-refractivity contribution in [3.05, 3.63) is 0 Å². The molecule has 1 amide bonds. The summed E-state index contributed by atoms with van der Waals surface area (Å²) in [7, 11) is 0. The summed E-state index contributed by atoms with van der Waals surface area (Å²) >= 11 is 1.69.